The number of halogens is 9. The van der Waals surface area contributed by atoms with Gasteiger partial charge in [-0.05, 0) is 75.6 Å². The quantitative estimate of drug-likeness (QED) is 0.228. The van der Waals surface area contributed by atoms with Gasteiger partial charge in [-0.25, -0.2) is 0 Å². The molecule has 12 heteroatoms. The Morgan fingerprint density at radius 3 is 1.41 bits per heavy atom. The number of alkyl halides is 5. The maximum absolute atomic E-state index is 13.1. The fourth-order valence-electron chi connectivity index (χ4n) is 4.55. The first-order valence-corrected chi connectivity index (χ1v) is 12.4. The molecule has 2 fully saturated rings. The van der Waals surface area contributed by atoms with Gasteiger partial charge in [0.15, 0.2) is 0 Å². The summed E-state index contributed by atoms with van der Waals surface area (Å²) in [6, 6.07) is 6.04. The van der Waals surface area contributed by atoms with Crippen molar-refractivity contribution < 1.29 is 44.0 Å². The highest BCUT2D eigenvalue weighted by atomic mass is 31.1. The van der Waals surface area contributed by atoms with E-state index in [0.29, 0.717) is 11.3 Å². The molecule has 1 nitrogen and oxygen atoms in total. The lowest BCUT2D eigenvalue weighted by atomic mass is 9.99. The van der Waals surface area contributed by atoms with Gasteiger partial charge in [-0.1, -0.05) is 12.8 Å². The monoisotopic (exact) mass is 496 g/mol. The van der Waals surface area contributed by atoms with Crippen molar-refractivity contribution in [2.24, 2.45) is 0 Å². The van der Waals surface area contributed by atoms with Gasteiger partial charge in [-0.3, -0.25) is 0 Å². The van der Waals surface area contributed by atoms with Crippen LogP contribution in [0.25, 0.3) is 0 Å². The standard InChI is InChI=1S/C20H26F5OP.BF4/c21-19(22,23)20(24,25)26-15-11-13-18(14-12-15)27(16-7-3-1-4-8-16)17-9-5-2-6-10-17;2-1(3,4)5/h11-14,16-17H,1-10H2;/q;-1/p+1. The Kier molecular flexibility index (Phi) is 9.62. The molecule has 2 aliphatic carbocycles. The highest BCUT2D eigenvalue weighted by Gasteiger charge is 2.61. The van der Waals surface area contributed by atoms with Crippen molar-refractivity contribution in [1.82, 2.24) is 0 Å². The molecule has 0 saturated heterocycles. The van der Waals surface area contributed by atoms with Crippen LogP contribution in [0.5, 0.6) is 5.75 Å². The zero-order valence-electron chi connectivity index (χ0n) is 17.4. The Hall–Kier alpha value is -1.12. The third-order valence-electron chi connectivity index (χ3n) is 5.85. The summed E-state index contributed by atoms with van der Waals surface area (Å²) in [6.07, 6.45) is 1.49. The Labute approximate surface area is 182 Å². The predicted octanol–water partition coefficient (Wildman–Crippen LogP) is 8.03. The molecule has 0 atom stereocenters. The Balaban J connectivity index is 0.000000654. The molecule has 0 aromatic heterocycles. The Bertz CT molecular complexity index is 658. The van der Waals surface area contributed by atoms with Crippen LogP contribution in [0.15, 0.2) is 24.3 Å². The second-order valence-electron chi connectivity index (χ2n) is 8.26. The number of rotatable bonds is 5. The van der Waals surface area contributed by atoms with Gasteiger partial charge in [0, 0.05) is 7.92 Å². The summed E-state index contributed by atoms with van der Waals surface area (Å²) >= 11 is 0. The Morgan fingerprint density at radius 1 is 0.688 bits per heavy atom. The summed E-state index contributed by atoms with van der Waals surface area (Å²) in [5, 5.41) is 1.15. The largest absolute Gasteiger partial charge is 0.673 e. The number of hydrogen-bond donors (Lipinski definition) is 0. The van der Waals surface area contributed by atoms with Crippen molar-refractivity contribution in [3.8, 4) is 5.75 Å². The highest BCUT2D eigenvalue weighted by Crippen LogP contribution is 2.55. The molecule has 2 aliphatic rings. The maximum atomic E-state index is 13.1. The molecule has 0 unspecified atom stereocenters. The van der Waals surface area contributed by atoms with E-state index in [-0.39, 0.29) is 0 Å². The van der Waals surface area contributed by atoms with Crippen LogP contribution in [-0.4, -0.2) is 30.9 Å². The van der Waals surface area contributed by atoms with E-state index in [2.05, 4.69) is 4.74 Å². The minimum absolute atomic E-state index is 0.435. The van der Waals surface area contributed by atoms with E-state index in [1.165, 1.54) is 76.3 Å². The van der Waals surface area contributed by atoms with Gasteiger partial charge in [0.2, 0.25) is 0 Å². The number of hydrogen-bond acceptors (Lipinski definition) is 1. The number of benzene rings is 1. The zero-order valence-corrected chi connectivity index (χ0v) is 18.4. The molecule has 0 N–H and O–H groups in total. The van der Waals surface area contributed by atoms with Gasteiger partial charge < -0.3 is 22.0 Å². The van der Waals surface area contributed by atoms with Gasteiger partial charge in [-0.2, -0.15) is 22.0 Å². The van der Waals surface area contributed by atoms with Gasteiger partial charge in [0.1, 0.15) is 5.75 Å². The summed E-state index contributed by atoms with van der Waals surface area (Å²) in [4.78, 5) is 0. The maximum Gasteiger partial charge on any atom is 0.673 e. The normalized spacial score (nSPS) is 19.4. The van der Waals surface area contributed by atoms with Crippen LogP contribution < -0.4 is 10.0 Å². The molecule has 32 heavy (non-hydrogen) atoms. The fourth-order valence-corrected chi connectivity index (χ4v) is 8.77. The topological polar surface area (TPSA) is 9.23 Å². The van der Waals surface area contributed by atoms with Crippen molar-refractivity contribution in [1.29, 1.82) is 0 Å². The van der Waals surface area contributed by atoms with Crippen molar-refractivity contribution in [2.75, 3.05) is 0 Å². The predicted molar refractivity (Wildman–Crippen MR) is 110 cm³/mol. The van der Waals surface area contributed by atoms with E-state index < -0.39 is 33.2 Å². The highest BCUT2D eigenvalue weighted by molar-refractivity contribution is 7.67. The molecule has 0 bridgehead atoms. The van der Waals surface area contributed by atoms with Crippen LogP contribution in [0.1, 0.15) is 64.2 Å². The third-order valence-corrected chi connectivity index (χ3v) is 9.77. The van der Waals surface area contributed by atoms with Crippen LogP contribution in [-0.2, 0) is 0 Å². The molecule has 0 heterocycles. The van der Waals surface area contributed by atoms with E-state index in [1.807, 2.05) is 0 Å². The van der Waals surface area contributed by atoms with E-state index in [4.69, 9.17) is 0 Å². The van der Waals surface area contributed by atoms with Gasteiger partial charge in [0.05, 0.1) is 16.6 Å². The lowest BCUT2D eigenvalue weighted by molar-refractivity contribution is -0.360. The van der Waals surface area contributed by atoms with Crippen molar-refractivity contribution in [3.63, 3.8) is 0 Å². The SMILES string of the molecule is FC(F)(F)C(F)(F)Oc1ccc([PH+](C2CCCCC2)C2CCCCC2)cc1.F[B-](F)(F)F. The average Bonchev–Trinajstić information content (AvgIpc) is 2.69. The van der Waals surface area contributed by atoms with Crippen molar-refractivity contribution >= 4 is 20.5 Å². The van der Waals surface area contributed by atoms with Crippen LogP contribution >= 0.6 is 7.92 Å². The summed E-state index contributed by atoms with van der Waals surface area (Å²) in [6.45, 7) is 0. The fraction of sp³-hybridized carbons (Fsp3) is 0.700. The molecule has 1 aromatic carbocycles. The minimum atomic E-state index is -6.00. The molecule has 0 aliphatic heterocycles. The number of ether oxygens (including phenoxy) is 1. The first-order chi connectivity index (χ1) is 14.8. The van der Waals surface area contributed by atoms with Crippen molar-refractivity contribution in [2.45, 2.75) is 87.8 Å². The molecule has 184 valence electrons. The van der Waals surface area contributed by atoms with E-state index in [0.717, 1.165) is 5.30 Å². The lowest BCUT2D eigenvalue weighted by Crippen LogP contribution is -2.41. The summed E-state index contributed by atoms with van der Waals surface area (Å²) in [5.74, 6) is -0.435. The van der Waals surface area contributed by atoms with Crippen LogP contribution in [0.3, 0.4) is 0 Å². The smallest absolute Gasteiger partial charge is 0.426 e. The lowest BCUT2D eigenvalue weighted by Gasteiger charge is -2.32. The molecule has 0 radical (unpaired) electrons. The molecular weight excluding hydrogens is 469 g/mol. The van der Waals surface area contributed by atoms with E-state index in [9.17, 15) is 39.2 Å². The van der Waals surface area contributed by atoms with Crippen LogP contribution in [0.4, 0.5) is 39.2 Å². The van der Waals surface area contributed by atoms with Crippen LogP contribution in [0.2, 0.25) is 0 Å². The van der Waals surface area contributed by atoms with E-state index in [1.54, 1.807) is 12.1 Å². The molecule has 1 aromatic rings. The summed E-state index contributed by atoms with van der Waals surface area (Å²) < 4.78 is 106. The third kappa shape index (κ3) is 8.67. The minimum Gasteiger partial charge on any atom is -0.426 e. The van der Waals surface area contributed by atoms with Crippen molar-refractivity contribution in [3.05, 3.63) is 24.3 Å². The molecular formula is C20H27BF9OP. The second kappa shape index (κ2) is 11.3. The first-order valence-electron chi connectivity index (χ1n) is 10.8. The first kappa shape index (κ1) is 27.1. The van der Waals surface area contributed by atoms with Crippen LogP contribution in [0, 0.1) is 0 Å². The average molecular weight is 496 g/mol. The summed E-state index contributed by atoms with van der Waals surface area (Å²) in [7, 11) is -6.88. The zero-order chi connectivity index (χ0) is 24.0. The van der Waals surface area contributed by atoms with E-state index >= 15 is 0 Å². The summed E-state index contributed by atoms with van der Waals surface area (Å²) in [5.41, 5.74) is 1.35. The Morgan fingerprint density at radius 2 is 1.06 bits per heavy atom. The van der Waals surface area contributed by atoms with Gasteiger partial charge in [-0.15, -0.1) is 0 Å². The second-order valence-corrected chi connectivity index (χ2v) is 11.4. The molecule has 2 saturated carbocycles. The molecule has 0 spiro atoms. The molecule has 3 rings (SSSR count). The van der Waals surface area contributed by atoms with Gasteiger partial charge in [0.25, 0.3) is 0 Å². The molecule has 0 amide bonds. The van der Waals surface area contributed by atoms with Gasteiger partial charge >= 0.3 is 19.5 Å².